The summed E-state index contributed by atoms with van der Waals surface area (Å²) < 4.78 is 6.92. The minimum absolute atomic E-state index is 0.896. The Hall–Kier alpha value is -6.65. The number of imidazole rings is 2. The van der Waals surface area contributed by atoms with Gasteiger partial charge in [-0.25, -0.2) is 0 Å². The molecule has 0 aliphatic heterocycles. The third-order valence-corrected chi connectivity index (χ3v) is 9.68. The highest BCUT2D eigenvalue weighted by Gasteiger charge is 2.23. The topological polar surface area (TPSA) is 27.2 Å². The zero-order valence-electron chi connectivity index (χ0n) is 26.6. The van der Waals surface area contributed by atoms with E-state index in [2.05, 4.69) is 196 Å². The molecule has 0 spiro atoms. The Bertz CT molecular complexity index is 2770. The second kappa shape index (κ2) is 11.0. The van der Waals surface area contributed by atoms with Crippen molar-refractivity contribution in [1.29, 1.82) is 0 Å². The summed E-state index contributed by atoms with van der Waals surface area (Å²) in [5.74, 6) is 0.896. The average Bonchev–Trinajstić information content (AvgIpc) is 3.81. The van der Waals surface area contributed by atoms with Crippen molar-refractivity contribution in [2.45, 2.75) is 0 Å². The van der Waals surface area contributed by atoms with Gasteiger partial charge in [-0.05, 0) is 75.8 Å². The second-order valence-electron chi connectivity index (χ2n) is 12.5. The molecule has 0 bridgehead atoms. The van der Waals surface area contributed by atoms with Crippen molar-refractivity contribution in [1.82, 2.24) is 18.5 Å². The molecule has 7 aromatic carbocycles. The van der Waals surface area contributed by atoms with E-state index in [1.807, 2.05) is 0 Å². The van der Waals surface area contributed by atoms with Crippen molar-refractivity contribution in [3.63, 3.8) is 0 Å². The third-order valence-electron chi connectivity index (χ3n) is 9.68. The lowest BCUT2D eigenvalue weighted by atomic mass is 9.98. The van der Waals surface area contributed by atoms with E-state index in [0.717, 1.165) is 44.9 Å². The number of para-hydroxylation sites is 3. The van der Waals surface area contributed by atoms with Gasteiger partial charge in [0.2, 0.25) is 5.78 Å². The highest BCUT2D eigenvalue weighted by molar-refractivity contribution is 6.09. The Labute approximate surface area is 283 Å². The minimum Gasteiger partial charge on any atom is -0.292 e. The largest absolute Gasteiger partial charge is 0.292 e. The molecule has 0 saturated heterocycles. The van der Waals surface area contributed by atoms with Gasteiger partial charge in [-0.1, -0.05) is 140 Å². The quantitative estimate of drug-likeness (QED) is 0.187. The van der Waals surface area contributed by atoms with Crippen LogP contribution in [-0.4, -0.2) is 18.5 Å². The molecule has 0 unspecified atom stereocenters. The molecule has 0 aliphatic rings. The van der Waals surface area contributed by atoms with E-state index in [1.54, 1.807) is 0 Å². The highest BCUT2D eigenvalue weighted by atomic mass is 15.2. The fourth-order valence-corrected chi connectivity index (χ4v) is 7.35. The molecule has 3 heterocycles. The molecular weight excluding hydrogens is 597 g/mol. The summed E-state index contributed by atoms with van der Waals surface area (Å²) in [4.78, 5) is 5.40. The number of hydrogen-bond acceptors (Lipinski definition) is 1. The summed E-state index contributed by atoms with van der Waals surface area (Å²) in [7, 11) is 0. The number of nitrogens with zero attached hydrogens (tertiary/aromatic N) is 4. The lowest BCUT2D eigenvalue weighted by Crippen LogP contribution is -1.97. The first-order valence-electron chi connectivity index (χ1n) is 16.6. The maximum Gasteiger partial charge on any atom is 0.222 e. The van der Waals surface area contributed by atoms with Crippen LogP contribution in [0.1, 0.15) is 0 Å². The van der Waals surface area contributed by atoms with Gasteiger partial charge in [0.25, 0.3) is 0 Å². The Morgan fingerprint density at radius 1 is 0.347 bits per heavy atom. The molecule has 10 aromatic rings. The molecule has 0 fully saturated rings. The Kier molecular flexibility index (Phi) is 6.15. The van der Waals surface area contributed by atoms with Gasteiger partial charge < -0.3 is 0 Å². The van der Waals surface area contributed by atoms with Crippen LogP contribution in [0.3, 0.4) is 0 Å². The first-order chi connectivity index (χ1) is 24.3. The number of rotatable bonds is 5. The van der Waals surface area contributed by atoms with Gasteiger partial charge in [-0.2, -0.15) is 4.98 Å². The van der Waals surface area contributed by atoms with E-state index in [1.165, 1.54) is 38.8 Å². The molecule has 0 atom stereocenters. The zero-order chi connectivity index (χ0) is 32.3. The number of aromatic nitrogens is 4. The van der Waals surface area contributed by atoms with Gasteiger partial charge in [0.05, 0.1) is 16.6 Å². The highest BCUT2D eigenvalue weighted by Crippen LogP contribution is 2.38. The van der Waals surface area contributed by atoms with Crippen molar-refractivity contribution in [2.24, 2.45) is 0 Å². The van der Waals surface area contributed by atoms with Crippen LogP contribution in [0.2, 0.25) is 0 Å². The Balaban J connectivity index is 1.15. The average molecular weight is 627 g/mol. The molecule has 3 aromatic heterocycles. The van der Waals surface area contributed by atoms with Gasteiger partial charge in [0, 0.05) is 16.8 Å². The van der Waals surface area contributed by atoms with E-state index in [4.69, 9.17) is 4.98 Å². The lowest BCUT2D eigenvalue weighted by Gasteiger charge is -2.08. The standard InChI is InChI=1S/C45H30N4/c1-4-12-31(13-5-1)32-20-22-33(23-21-32)34-24-26-35(27-25-34)36-28-29-41-42(30-36)49-43-39-18-10-11-19-40(39)47(37-14-6-2-7-15-37)44(43)46-45(49)48(41)38-16-8-3-9-17-38/h1-30H. The van der Waals surface area contributed by atoms with Crippen LogP contribution < -0.4 is 0 Å². The van der Waals surface area contributed by atoms with Gasteiger partial charge in [0.1, 0.15) is 5.52 Å². The third kappa shape index (κ3) is 4.35. The van der Waals surface area contributed by atoms with Crippen LogP contribution in [0, 0.1) is 0 Å². The van der Waals surface area contributed by atoms with E-state index in [-0.39, 0.29) is 0 Å². The molecule has 0 amide bonds. The SMILES string of the molecule is c1ccc(-c2ccc(-c3ccc(-c4ccc5c(c4)n4c6c7ccccc7n(-c7ccccc7)c6nc4n5-c4ccccc4)cc3)cc2)cc1. The molecule has 4 heteroatoms. The summed E-state index contributed by atoms with van der Waals surface area (Å²) >= 11 is 0. The number of hydrogen-bond donors (Lipinski definition) is 0. The maximum absolute atomic E-state index is 5.40. The van der Waals surface area contributed by atoms with Crippen LogP contribution in [-0.2, 0) is 0 Å². The molecule has 10 rings (SSSR count). The fourth-order valence-electron chi connectivity index (χ4n) is 7.35. The van der Waals surface area contributed by atoms with Crippen molar-refractivity contribution >= 4 is 38.9 Å². The second-order valence-corrected chi connectivity index (χ2v) is 12.5. The van der Waals surface area contributed by atoms with Gasteiger partial charge in [-0.3, -0.25) is 13.5 Å². The maximum atomic E-state index is 5.40. The number of fused-ring (bicyclic) bond motifs is 7. The normalized spacial score (nSPS) is 11.7. The van der Waals surface area contributed by atoms with E-state index >= 15 is 0 Å². The monoisotopic (exact) mass is 626 g/mol. The molecule has 0 radical (unpaired) electrons. The molecule has 0 saturated carbocycles. The fraction of sp³-hybridized carbons (Fsp3) is 0. The lowest BCUT2D eigenvalue weighted by molar-refractivity contribution is 1.09. The van der Waals surface area contributed by atoms with Crippen LogP contribution in [0.15, 0.2) is 182 Å². The van der Waals surface area contributed by atoms with Crippen molar-refractivity contribution < 1.29 is 0 Å². The Morgan fingerprint density at radius 2 is 0.816 bits per heavy atom. The smallest absolute Gasteiger partial charge is 0.222 e. The minimum atomic E-state index is 0.896. The first kappa shape index (κ1) is 27.5. The van der Waals surface area contributed by atoms with Crippen LogP contribution in [0.5, 0.6) is 0 Å². The van der Waals surface area contributed by atoms with E-state index < -0.39 is 0 Å². The summed E-state index contributed by atoms with van der Waals surface area (Å²) in [5, 5.41) is 1.18. The van der Waals surface area contributed by atoms with E-state index in [0.29, 0.717) is 0 Å². The first-order valence-corrected chi connectivity index (χ1v) is 16.6. The van der Waals surface area contributed by atoms with Crippen LogP contribution >= 0.6 is 0 Å². The molecule has 0 aliphatic carbocycles. The van der Waals surface area contributed by atoms with Gasteiger partial charge >= 0.3 is 0 Å². The summed E-state index contributed by atoms with van der Waals surface area (Å²) in [6.45, 7) is 0. The molecule has 49 heavy (non-hydrogen) atoms. The number of benzene rings is 7. The van der Waals surface area contributed by atoms with Crippen molar-refractivity contribution in [2.75, 3.05) is 0 Å². The molecule has 4 nitrogen and oxygen atoms in total. The van der Waals surface area contributed by atoms with E-state index in [9.17, 15) is 0 Å². The molecule has 0 N–H and O–H groups in total. The summed E-state index contributed by atoms with van der Waals surface area (Å²) in [6.07, 6.45) is 0. The van der Waals surface area contributed by atoms with Crippen LogP contribution in [0.4, 0.5) is 0 Å². The summed E-state index contributed by atoms with van der Waals surface area (Å²) in [6, 6.07) is 64.8. The van der Waals surface area contributed by atoms with Gasteiger partial charge in [0.15, 0.2) is 5.65 Å². The predicted octanol–water partition coefficient (Wildman–Crippen LogP) is 11.4. The summed E-state index contributed by atoms with van der Waals surface area (Å²) in [5.41, 5.74) is 14.8. The van der Waals surface area contributed by atoms with Crippen molar-refractivity contribution in [3.8, 4) is 44.8 Å². The van der Waals surface area contributed by atoms with Crippen LogP contribution in [0.25, 0.3) is 83.6 Å². The van der Waals surface area contributed by atoms with Crippen molar-refractivity contribution in [3.05, 3.63) is 182 Å². The predicted molar refractivity (Wildman–Crippen MR) is 203 cm³/mol. The molecule has 230 valence electrons. The Morgan fingerprint density at radius 3 is 1.43 bits per heavy atom. The zero-order valence-corrected chi connectivity index (χ0v) is 26.6. The molecular formula is C45H30N4. The van der Waals surface area contributed by atoms with Gasteiger partial charge in [-0.15, -0.1) is 0 Å².